The van der Waals surface area contributed by atoms with Crippen LogP contribution >= 0.6 is 0 Å². The maximum absolute atomic E-state index is 11.1. The van der Waals surface area contributed by atoms with E-state index in [9.17, 15) is 4.79 Å². The molecule has 1 aliphatic rings. The van der Waals surface area contributed by atoms with Crippen LogP contribution in [0.3, 0.4) is 0 Å². The van der Waals surface area contributed by atoms with E-state index in [1.54, 1.807) is 6.92 Å². The van der Waals surface area contributed by atoms with E-state index in [4.69, 9.17) is 5.73 Å². The fourth-order valence-corrected chi connectivity index (χ4v) is 1.29. The average Bonchev–Trinajstić information content (AvgIpc) is 1.88. The van der Waals surface area contributed by atoms with Gasteiger partial charge in [0, 0.05) is 17.7 Å². The van der Waals surface area contributed by atoms with Gasteiger partial charge in [-0.3, -0.25) is 4.79 Å². The number of hydrogen-bond acceptors (Lipinski definition) is 2. The van der Waals surface area contributed by atoms with E-state index in [0.717, 1.165) is 24.8 Å². The molecule has 0 amide bonds. The molecule has 0 aromatic carbocycles. The summed E-state index contributed by atoms with van der Waals surface area (Å²) >= 11 is 0. The summed E-state index contributed by atoms with van der Waals surface area (Å²) in [6.07, 6.45) is 3.75. The van der Waals surface area contributed by atoms with Crippen LogP contribution in [0.1, 0.15) is 32.6 Å². The van der Waals surface area contributed by atoms with E-state index in [1.807, 2.05) is 0 Å². The van der Waals surface area contributed by atoms with Crippen LogP contribution in [0.4, 0.5) is 0 Å². The van der Waals surface area contributed by atoms with E-state index in [2.05, 4.69) is 0 Å². The molecule has 0 spiro atoms. The molecule has 56 valence electrons. The fraction of sp³-hybridized carbons (Fsp3) is 0.625. The van der Waals surface area contributed by atoms with Crippen molar-refractivity contribution in [2.75, 3.05) is 0 Å². The van der Waals surface area contributed by atoms with Gasteiger partial charge in [-0.15, -0.1) is 0 Å². The smallest absolute Gasteiger partial charge is 0.160 e. The molecule has 0 saturated heterocycles. The minimum Gasteiger partial charge on any atom is -0.402 e. The van der Waals surface area contributed by atoms with Crippen LogP contribution in [0, 0.1) is 0 Å². The van der Waals surface area contributed by atoms with Crippen molar-refractivity contribution in [3.63, 3.8) is 0 Å². The summed E-state index contributed by atoms with van der Waals surface area (Å²) in [7, 11) is 0. The average molecular weight is 139 g/mol. The van der Waals surface area contributed by atoms with Gasteiger partial charge in [-0.1, -0.05) is 0 Å². The molecule has 1 fully saturated rings. The van der Waals surface area contributed by atoms with Crippen molar-refractivity contribution in [2.24, 2.45) is 5.73 Å². The van der Waals surface area contributed by atoms with Crippen molar-refractivity contribution in [2.45, 2.75) is 32.6 Å². The zero-order valence-corrected chi connectivity index (χ0v) is 6.31. The quantitative estimate of drug-likeness (QED) is 0.515. The Labute approximate surface area is 61.1 Å². The van der Waals surface area contributed by atoms with Gasteiger partial charge in [0.25, 0.3) is 0 Å². The van der Waals surface area contributed by atoms with Gasteiger partial charge < -0.3 is 5.73 Å². The molecule has 0 aromatic heterocycles. The zero-order valence-electron chi connectivity index (χ0n) is 6.31. The van der Waals surface area contributed by atoms with E-state index in [1.165, 1.54) is 0 Å². The third-order valence-electron chi connectivity index (χ3n) is 1.89. The van der Waals surface area contributed by atoms with Crippen molar-refractivity contribution < 1.29 is 4.79 Å². The van der Waals surface area contributed by atoms with Crippen LogP contribution < -0.4 is 5.73 Å². The van der Waals surface area contributed by atoms with Crippen LogP contribution in [0.2, 0.25) is 0 Å². The molecule has 0 radical (unpaired) electrons. The highest BCUT2D eigenvalue weighted by atomic mass is 16.1. The van der Waals surface area contributed by atoms with Crippen LogP contribution in [-0.4, -0.2) is 5.78 Å². The highest BCUT2D eigenvalue weighted by Crippen LogP contribution is 2.20. The molecule has 10 heavy (non-hydrogen) atoms. The summed E-state index contributed by atoms with van der Waals surface area (Å²) < 4.78 is 0. The first kappa shape index (κ1) is 7.32. The monoisotopic (exact) mass is 139 g/mol. The zero-order chi connectivity index (χ0) is 7.56. The number of rotatable bonds is 0. The first-order valence-corrected chi connectivity index (χ1v) is 3.70. The number of allylic oxidation sites excluding steroid dienone is 2. The minimum absolute atomic E-state index is 0.256. The Morgan fingerprint density at radius 3 is 2.40 bits per heavy atom. The predicted octanol–water partition coefficient (Wildman–Crippen LogP) is 1.36. The Morgan fingerprint density at radius 1 is 1.40 bits per heavy atom. The number of carbonyl (C=O) groups excluding carboxylic acids is 1. The summed E-state index contributed by atoms with van der Waals surface area (Å²) in [5, 5.41) is 0. The predicted molar refractivity (Wildman–Crippen MR) is 40.4 cm³/mol. The second kappa shape index (κ2) is 2.86. The Balaban J connectivity index is 2.75. The lowest BCUT2D eigenvalue weighted by molar-refractivity contribution is -0.116. The fourth-order valence-electron chi connectivity index (χ4n) is 1.29. The summed E-state index contributed by atoms with van der Waals surface area (Å²) in [4.78, 5) is 11.1. The number of Topliss-reactive ketones (excluding diaryl/α,β-unsaturated/α-hetero) is 1. The molecule has 1 rings (SSSR count). The van der Waals surface area contributed by atoms with Gasteiger partial charge >= 0.3 is 0 Å². The second-order valence-electron chi connectivity index (χ2n) is 2.79. The van der Waals surface area contributed by atoms with Crippen LogP contribution in [0.15, 0.2) is 11.3 Å². The first-order chi connectivity index (χ1) is 4.72. The Bertz CT molecular complexity index is 178. The molecule has 2 heteroatoms. The van der Waals surface area contributed by atoms with Crippen molar-refractivity contribution >= 4 is 5.78 Å². The van der Waals surface area contributed by atoms with Gasteiger partial charge in [-0.2, -0.15) is 0 Å². The molecule has 1 aliphatic carbocycles. The SMILES string of the molecule is C/C(N)=C1\CCCCC1=O. The van der Waals surface area contributed by atoms with Crippen LogP contribution in [0.25, 0.3) is 0 Å². The maximum Gasteiger partial charge on any atom is 0.160 e. The van der Waals surface area contributed by atoms with Crippen LogP contribution in [-0.2, 0) is 4.79 Å². The van der Waals surface area contributed by atoms with Gasteiger partial charge in [0.05, 0.1) is 0 Å². The summed E-state index contributed by atoms with van der Waals surface area (Å²) in [6.45, 7) is 1.80. The molecular weight excluding hydrogens is 126 g/mol. The van der Waals surface area contributed by atoms with Crippen molar-refractivity contribution in [1.82, 2.24) is 0 Å². The Kier molecular flexibility index (Phi) is 2.10. The lowest BCUT2D eigenvalue weighted by atomic mass is 9.92. The molecule has 1 saturated carbocycles. The number of carbonyl (C=O) groups is 1. The maximum atomic E-state index is 11.1. The topological polar surface area (TPSA) is 43.1 Å². The molecular formula is C8H13NO. The molecule has 0 heterocycles. The van der Waals surface area contributed by atoms with Crippen molar-refractivity contribution in [3.8, 4) is 0 Å². The highest BCUT2D eigenvalue weighted by Gasteiger charge is 2.15. The third kappa shape index (κ3) is 1.38. The van der Waals surface area contributed by atoms with Gasteiger partial charge in [-0.25, -0.2) is 0 Å². The lowest BCUT2D eigenvalue weighted by Gasteiger charge is -2.13. The van der Waals surface area contributed by atoms with Gasteiger partial charge in [-0.05, 0) is 26.2 Å². The summed E-state index contributed by atoms with van der Waals surface area (Å²) in [6, 6.07) is 0. The third-order valence-corrected chi connectivity index (χ3v) is 1.89. The second-order valence-corrected chi connectivity index (χ2v) is 2.79. The standard InChI is InChI=1S/C8H13NO/c1-6(9)7-4-2-3-5-8(7)10/h2-5,9H2,1H3/b7-6-. The summed E-state index contributed by atoms with van der Waals surface area (Å²) in [5.41, 5.74) is 7.10. The van der Waals surface area contributed by atoms with E-state index >= 15 is 0 Å². The number of hydrogen-bond donors (Lipinski definition) is 1. The Morgan fingerprint density at radius 2 is 2.00 bits per heavy atom. The first-order valence-electron chi connectivity index (χ1n) is 3.70. The molecule has 2 N–H and O–H groups in total. The van der Waals surface area contributed by atoms with E-state index in [0.29, 0.717) is 12.1 Å². The molecule has 0 unspecified atom stereocenters. The summed E-state index contributed by atoms with van der Waals surface area (Å²) in [5.74, 6) is 0.256. The number of ketones is 1. The van der Waals surface area contributed by atoms with Crippen LogP contribution in [0.5, 0.6) is 0 Å². The van der Waals surface area contributed by atoms with Gasteiger partial charge in [0.15, 0.2) is 5.78 Å². The molecule has 0 aliphatic heterocycles. The molecule has 2 nitrogen and oxygen atoms in total. The minimum atomic E-state index is 0.256. The van der Waals surface area contributed by atoms with Crippen molar-refractivity contribution in [3.05, 3.63) is 11.3 Å². The molecule has 0 aromatic rings. The Hall–Kier alpha value is -0.790. The molecule has 0 atom stereocenters. The number of nitrogens with two attached hydrogens (primary N) is 1. The largest absolute Gasteiger partial charge is 0.402 e. The van der Waals surface area contributed by atoms with Gasteiger partial charge in [0.2, 0.25) is 0 Å². The van der Waals surface area contributed by atoms with Gasteiger partial charge in [0.1, 0.15) is 0 Å². The molecule has 0 bridgehead atoms. The highest BCUT2D eigenvalue weighted by molar-refractivity contribution is 5.96. The lowest BCUT2D eigenvalue weighted by Crippen LogP contribution is -2.13. The van der Waals surface area contributed by atoms with E-state index < -0.39 is 0 Å². The van der Waals surface area contributed by atoms with Crippen molar-refractivity contribution in [1.29, 1.82) is 0 Å². The van der Waals surface area contributed by atoms with E-state index in [-0.39, 0.29) is 5.78 Å². The normalized spacial score (nSPS) is 24.7.